The van der Waals surface area contributed by atoms with Crippen LogP contribution in [0.2, 0.25) is 0 Å². The van der Waals surface area contributed by atoms with Crippen LogP contribution in [0.25, 0.3) is 10.9 Å². The zero-order valence-electron chi connectivity index (χ0n) is 14.4. The van der Waals surface area contributed by atoms with E-state index in [1.165, 1.54) is 25.7 Å². The van der Waals surface area contributed by atoms with Crippen LogP contribution in [0, 0.1) is 6.92 Å². The molecule has 0 bridgehead atoms. The quantitative estimate of drug-likeness (QED) is 0.874. The SMILES string of the molecule is Cc1cc2ccccc2n(CCC(=O)NC2CCCCCC2)c1=O. The molecule has 24 heavy (non-hydrogen) atoms. The van der Waals surface area contributed by atoms with Crippen LogP contribution >= 0.6 is 0 Å². The molecule has 2 aromatic rings. The number of carbonyl (C=O) groups is 1. The highest BCUT2D eigenvalue weighted by atomic mass is 16.2. The van der Waals surface area contributed by atoms with E-state index in [0.29, 0.717) is 19.0 Å². The summed E-state index contributed by atoms with van der Waals surface area (Å²) < 4.78 is 1.73. The monoisotopic (exact) mass is 326 g/mol. The second-order valence-corrected chi connectivity index (χ2v) is 6.85. The van der Waals surface area contributed by atoms with Crippen LogP contribution in [-0.2, 0) is 11.3 Å². The lowest BCUT2D eigenvalue weighted by Gasteiger charge is -2.17. The van der Waals surface area contributed by atoms with Gasteiger partial charge in [-0.3, -0.25) is 9.59 Å². The van der Waals surface area contributed by atoms with Crippen LogP contribution in [0.3, 0.4) is 0 Å². The third-order valence-corrected chi connectivity index (χ3v) is 4.96. The molecule has 1 N–H and O–H groups in total. The molecule has 0 atom stereocenters. The maximum atomic E-state index is 12.5. The van der Waals surface area contributed by atoms with Crippen LogP contribution in [0.15, 0.2) is 35.1 Å². The molecule has 1 fully saturated rings. The maximum Gasteiger partial charge on any atom is 0.253 e. The molecule has 128 valence electrons. The van der Waals surface area contributed by atoms with Crippen molar-refractivity contribution < 1.29 is 4.79 Å². The predicted octanol–water partition coefficient (Wildman–Crippen LogP) is 3.54. The van der Waals surface area contributed by atoms with Crippen molar-refractivity contribution in [2.24, 2.45) is 0 Å². The normalized spacial score (nSPS) is 16.0. The molecule has 0 radical (unpaired) electrons. The van der Waals surface area contributed by atoms with Gasteiger partial charge in [-0.05, 0) is 37.3 Å². The summed E-state index contributed by atoms with van der Waals surface area (Å²) in [6, 6.07) is 10.1. The summed E-state index contributed by atoms with van der Waals surface area (Å²) in [6.45, 7) is 2.26. The molecule has 0 unspecified atom stereocenters. The molecule has 1 aliphatic rings. The Hall–Kier alpha value is -2.10. The first kappa shape index (κ1) is 16.7. The number of nitrogens with zero attached hydrogens (tertiary/aromatic N) is 1. The van der Waals surface area contributed by atoms with Gasteiger partial charge in [0.1, 0.15) is 0 Å². The molecule has 1 heterocycles. The average Bonchev–Trinajstić information content (AvgIpc) is 2.84. The summed E-state index contributed by atoms with van der Waals surface area (Å²) in [5.41, 5.74) is 1.62. The summed E-state index contributed by atoms with van der Waals surface area (Å²) >= 11 is 0. The Morgan fingerprint density at radius 1 is 1.17 bits per heavy atom. The Kier molecular flexibility index (Phi) is 5.34. The number of carbonyl (C=O) groups excluding carboxylic acids is 1. The minimum Gasteiger partial charge on any atom is -0.353 e. The van der Waals surface area contributed by atoms with Gasteiger partial charge in [0, 0.05) is 24.6 Å². The lowest BCUT2D eigenvalue weighted by Crippen LogP contribution is -2.35. The fourth-order valence-corrected chi connectivity index (χ4v) is 3.63. The number of hydrogen-bond donors (Lipinski definition) is 1. The highest BCUT2D eigenvalue weighted by Gasteiger charge is 2.15. The molecule has 0 spiro atoms. The standard InChI is InChI=1S/C20H26N2O2/c1-15-14-16-8-6-7-11-18(16)22(20(15)24)13-12-19(23)21-17-9-4-2-3-5-10-17/h6-8,11,14,17H,2-5,9-10,12-13H2,1H3,(H,21,23). The van der Waals surface area contributed by atoms with Crippen molar-refractivity contribution in [2.45, 2.75) is 64.5 Å². The van der Waals surface area contributed by atoms with E-state index in [1.807, 2.05) is 37.3 Å². The Morgan fingerprint density at radius 3 is 2.62 bits per heavy atom. The largest absolute Gasteiger partial charge is 0.353 e. The van der Waals surface area contributed by atoms with Gasteiger partial charge in [0.05, 0.1) is 5.52 Å². The number of fused-ring (bicyclic) bond motifs is 1. The molecule has 4 heteroatoms. The molecule has 3 rings (SSSR count). The predicted molar refractivity (Wildman–Crippen MR) is 97.2 cm³/mol. The average molecular weight is 326 g/mol. The Balaban J connectivity index is 1.70. The van der Waals surface area contributed by atoms with Gasteiger partial charge in [-0.25, -0.2) is 0 Å². The maximum absolute atomic E-state index is 12.5. The van der Waals surface area contributed by atoms with Gasteiger partial charge >= 0.3 is 0 Å². The summed E-state index contributed by atoms with van der Waals surface area (Å²) in [7, 11) is 0. The van der Waals surface area contributed by atoms with Crippen molar-refractivity contribution in [1.29, 1.82) is 0 Å². The van der Waals surface area contributed by atoms with E-state index in [9.17, 15) is 9.59 Å². The molecule has 1 aromatic carbocycles. The molecule has 0 saturated heterocycles. The third-order valence-electron chi connectivity index (χ3n) is 4.96. The van der Waals surface area contributed by atoms with Crippen LogP contribution in [0.1, 0.15) is 50.5 Å². The van der Waals surface area contributed by atoms with Crippen molar-refractivity contribution in [2.75, 3.05) is 0 Å². The van der Waals surface area contributed by atoms with Crippen molar-refractivity contribution in [3.8, 4) is 0 Å². The van der Waals surface area contributed by atoms with E-state index in [1.54, 1.807) is 4.57 Å². The zero-order valence-corrected chi connectivity index (χ0v) is 14.4. The molecule has 0 aliphatic heterocycles. The zero-order chi connectivity index (χ0) is 16.9. The van der Waals surface area contributed by atoms with E-state index in [-0.39, 0.29) is 11.5 Å². The van der Waals surface area contributed by atoms with Gasteiger partial charge in [0.2, 0.25) is 5.91 Å². The van der Waals surface area contributed by atoms with E-state index in [2.05, 4.69) is 5.32 Å². The van der Waals surface area contributed by atoms with Crippen LogP contribution in [-0.4, -0.2) is 16.5 Å². The first-order valence-corrected chi connectivity index (χ1v) is 9.04. The second-order valence-electron chi connectivity index (χ2n) is 6.85. The fraction of sp³-hybridized carbons (Fsp3) is 0.500. The number of rotatable bonds is 4. The number of aromatic nitrogens is 1. The number of para-hydroxylation sites is 1. The third kappa shape index (κ3) is 3.86. The minimum absolute atomic E-state index is 0.00373. The van der Waals surface area contributed by atoms with Gasteiger partial charge in [-0.15, -0.1) is 0 Å². The van der Waals surface area contributed by atoms with E-state index < -0.39 is 0 Å². The lowest BCUT2D eigenvalue weighted by molar-refractivity contribution is -0.122. The number of benzene rings is 1. The molecule has 1 amide bonds. The van der Waals surface area contributed by atoms with Crippen LogP contribution in [0.5, 0.6) is 0 Å². The molecule has 1 saturated carbocycles. The number of hydrogen-bond acceptors (Lipinski definition) is 2. The topological polar surface area (TPSA) is 51.1 Å². The van der Waals surface area contributed by atoms with Crippen molar-refractivity contribution in [1.82, 2.24) is 9.88 Å². The number of pyridine rings is 1. The molecular weight excluding hydrogens is 300 g/mol. The first-order valence-electron chi connectivity index (χ1n) is 9.04. The van der Waals surface area contributed by atoms with Gasteiger partial charge in [-0.1, -0.05) is 43.9 Å². The molecule has 1 aromatic heterocycles. The fourth-order valence-electron chi connectivity index (χ4n) is 3.63. The number of amides is 1. The first-order chi connectivity index (χ1) is 11.6. The van der Waals surface area contributed by atoms with Crippen molar-refractivity contribution in [3.05, 3.63) is 46.2 Å². The molecule has 1 aliphatic carbocycles. The number of nitrogens with one attached hydrogen (secondary N) is 1. The van der Waals surface area contributed by atoms with E-state index in [0.717, 1.165) is 29.3 Å². The second kappa shape index (κ2) is 7.65. The van der Waals surface area contributed by atoms with Crippen molar-refractivity contribution in [3.63, 3.8) is 0 Å². The van der Waals surface area contributed by atoms with Gasteiger partial charge in [-0.2, -0.15) is 0 Å². The smallest absolute Gasteiger partial charge is 0.253 e. The Labute approximate surface area is 142 Å². The minimum atomic E-state index is -0.00373. The van der Waals surface area contributed by atoms with E-state index in [4.69, 9.17) is 0 Å². The Morgan fingerprint density at radius 2 is 1.88 bits per heavy atom. The highest BCUT2D eigenvalue weighted by Crippen LogP contribution is 2.17. The lowest BCUT2D eigenvalue weighted by atomic mass is 10.1. The van der Waals surface area contributed by atoms with Gasteiger partial charge in [0.15, 0.2) is 0 Å². The summed E-state index contributed by atoms with van der Waals surface area (Å²) in [5.74, 6) is 0.0550. The van der Waals surface area contributed by atoms with Crippen LogP contribution < -0.4 is 10.9 Å². The number of aryl methyl sites for hydroxylation is 2. The summed E-state index contributed by atoms with van der Waals surface area (Å²) in [6.07, 6.45) is 7.47. The van der Waals surface area contributed by atoms with Gasteiger partial charge in [0.25, 0.3) is 5.56 Å². The summed E-state index contributed by atoms with van der Waals surface area (Å²) in [5, 5.41) is 4.20. The Bertz CT molecular complexity index is 771. The summed E-state index contributed by atoms with van der Waals surface area (Å²) in [4.78, 5) is 24.8. The molecular formula is C20H26N2O2. The van der Waals surface area contributed by atoms with Crippen LogP contribution in [0.4, 0.5) is 0 Å². The van der Waals surface area contributed by atoms with Crippen molar-refractivity contribution >= 4 is 16.8 Å². The highest BCUT2D eigenvalue weighted by molar-refractivity contribution is 5.80. The van der Waals surface area contributed by atoms with E-state index >= 15 is 0 Å². The van der Waals surface area contributed by atoms with Gasteiger partial charge < -0.3 is 9.88 Å². The molecule has 4 nitrogen and oxygen atoms in total.